The summed E-state index contributed by atoms with van der Waals surface area (Å²) in [5.41, 5.74) is 0.496. The van der Waals surface area contributed by atoms with E-state index in [0.717, 1.165) is 6.29 Å². The molecule has 120 valence electrons. The minimum atomic E-state index is -0.522. The lowest BCUT2D eigenvalue weighted by Crippen LogP contribution is -2.34. The largest absolute Gasteiger partial charge is 0.444 e. The van der Waals surface area contributed by atoms with Gasteiger partial charge < -0.3 is 15.4 Å². The van der Waals surface area contributed by atoms with Crippen LogP contribution < -0.4 is 10.6 Å². The number of nitrogens with one attached hydrogen (secondary N) is 2. The standard InChI is InChI=1S/C16H22N2O4/c1-16(2,3)22-15(21)18-10-4-9-17-14(20)13-7-5-12(11-19)6-8-13/h5-8,11H,4,9-10H2,1-3H3,(H,17,20)(H,18,21). The molecule has 0 aromatic heterocycles. The van der Waals surface area contributed by atoms with Gasteiger partial charge in [-0.3, -0.25) is 9.59 Å². The molecule has 1 rings (SSSR count). The van der Waals surface area contributed by atoms with Crippen molar-refractivity contribution < 1.29 is 19.1 Å². The van der Waals surface area contributed by atoms with E-state index in [1.165, 1.54) is 0 Å². The smallest absolute Gasteiger partial charge is 0.407 e. The minimum Gasteiger partial charge on any atom is -0.444 e. The zero-order chi connectivity index (χ0) is 16.6. The first-order chi connectivity index (χ1) is 10.3. The summed E-state index contributed by atoms with van der Waals surface area (Å²) in [6, 6.07) is 6.37. The third-order valence-corrected chi connectivity index (χ3v) is 2.62. The number of benzene rings is 1. The molecule has 0 radical (unpaired) electrons. The Balaban J connectivity index is 2.22. The highest BCUT2D eigenvalue weighted by atomic mass is 16.6. The molecule has 0 saturated heterocycles. The van der Waals surface area contributed by atoms with Crippen LogP contribution in [-0.4, -0.2) is 37.0 Å². The average Bonchev–Trinajstić information content (AvgIpc) is 2.45. The van der Waals surface area contributed by atoms with Crippen LogP contribution in [0.1, 0.15) is 47.9 Å². The van der Waals surface area contributed by atoms with E-state index in [1.807, 2.05) is 0 Å². The zero-order valence-corrected chi connectivity index (χ0v) is 13.1. The lowest BCUT2D eigenvalue weighted by atomic mass is 10.1. The SMILES string of the molecule is CC(C)(C)OC(=O)NCCCNC(=O)c1ccc(C=O)cc1. The number of hydrogen-bond donors (Lipinski definition) is 2. The fourth-order valence-electron chi connectivity index (χ4n) is 1.61. The summed E-state index contributed by atoms with van der Waals surface area (Å²) in [4.78, 5) is 33.7. The Bertz CT molecular complexity index is 518. The Morgan fingerprint density at radius 3 is 2.23 bits per heavy atom. The topological polar surface area (TPSA) is 84.5 Å². The molecule has 1 aromatic rings. The van der Waals surface area contributed by atoms with Crippen molar-refractivity contribution in [1.29, 1.82) is 0 Å². The monoisotopic (exact) mass is 306 g/mol. The van der Waals surface area contributed by atoms with E-state index in [1.54, 1.807) is 45.0 Å². The van der Waals surface area contributed by atoms with Gasteiger partial charge in [0.2, 0.25) is 0 Å². The van der Waals surface area contributed by atoms with Crippen LogP contribution in [0.15, 0.2) is 24.3 Å². The molecule has 0 spiro atoms. The molecule has 2 amide bonds. The number of alkyl carbamates (subject to hydrolysis) is 1. The fourth-order valence-corrected chi connectivity index (χ4v) is 1.61. The molecule has 0 saturated carbocycles. The van der Waals surface area contributed by atoms with Crippen molar-refractivity contribution in [1.82, 2.24) is 10.6 Å². The number of rotatable bonds is 6. The molecular weight excluding hydrogens is 284 g/mol. The first kappa shape index (κ1) is 17.7. The normalized spacial score (nSPS) is 10.7. The zero-order valence-electron chi connectivity index (χ0n) is 13.1. The number of hydrogen-bond acceptors (Lipinski definition) is 4. The van der Waals surface area contributed by atoms with Crippen molar-refractivity contribution >= 4 is 18.3 Å². The minimum absolute atomic E-state index is 0.213. The van der Waals surface area contributed by atoms with Gasteiger partial charge in [-0.15, -0.1) is 0 Å². The van der Waals surface area contributed by atoms with E-state index in [9.17, 15) is 14.4 Å². The van der Waals surface area contributed by atoms with Crippen molar-refractivity contribution in [2.24, 2.45) is 0 Å². The molecular formula is C16H22N2O4. The Morgan fingerprint density at radius 1 is 1.09 bits per heavy atom. The predicted molar refractivity (Wildman–Crippen MR) is 83.0 cm³/mol. The first-order valence-corrected chi connectivity index (χ1v) is 7.12. The molecule has 0 unspecified atom stereocenters. The maximum absolute atomic E-state index is 11.8. The number of ether oxygens (including phenoxy) is 1. The molecule has 0 aliphatic heterocycles. The van der Waals surface area contributed by atoms with Crippen LogP contribution in [0, 0.1) is 0 Å². The van der Waals surface area contributed by atoms with Crippen LogP contribution in [0.4, 0.5) is 4.79 Å². The van der Waals surface area contributed by atoms with E-state index >= 15 is 0 Å². The molecule has 0 fully saturated rings. The second-order valence-corrected chi connectivity index (χ2v) is 5.78. The quantitative estimate of drug-likeness (QED) is 0.623. The van der Waals surface area contributed by atoms with Gasteiger partial charge in [0.15, 0.2) is 0 Å². The highest BCUT2D eigenvalue weighted by Crippen LogP contribution is 2.06. The van der Waals surface area contributed by atoms with Crippen molar-refractivity contribution in [3.05, 3.63) is 35.4 Å². The molecule has 22 heavy (non-hydrogen) atoms. The lowest BCUT2D eigenvalue weighted by molar-refractivity contribution is 0.0527. The van der Waals surface area contributed by atoms with Crippen LogP contribution >= 0.6 is 0 Å². The van der Waals surface area contributed by atoms with Gasteiger partial charge in [0.1, 0.15) is 11.9 Å². The summed E-state index contributed by atoms with van der Waals surface area (Å²) < 4.78 is 5.09. The van der Waals surface area contributed by atoms with Crippen LogP contribution in [0.3, 0.4) is 0 Å². The fraction of sp³-hybridized carbons (Fsp3) is 0.438. The molecule has 6 heteroatoms. The van der Waals surface area contributed by atoms with Gasteiger partial charge in [0.25, 0.3) is 5.91 Å². The van der Waals surface area contributed by atoms with Gasteiger partial charge in [0, 0.05) is 24.2 Å². The van der Waals surface area contributed by atoms with Crippen molar-refractivity contribution in [2.45, 2.75) is 32.8 Å². The number of amides is 2. The third-order valence-electron chi connectivity index (χ3n) is 2.62. The second kappa shape index (κ2) is 8.17. The predicted octanol–water partition coefficient (Wildman–Crippen LogP) is 2.14. The van der Waals surface area contributed by atoms with Gasteiger partial charge in [-0.25, -0.2) is 4.79 Å². The molecule has 0 aliphatic rings. The van der Waals surface area contributed by atoms with Crippen molar-refractivity contribution in [2.75, 3.05) is 13.1 Å². The molecule has 0 heterocycles. The van der Waals surface area contributed by atoms with Crippen LogP contribution in [0.25, 0.3) is 0 Å². The van der Waals surface area contributed by atoms with Gasteiger partial charge >= 0.3 is 6.09 Å². The highest BCUT2D eigenvalue weighted by Gasteiger charge is 2.15. The number of carbonyl (C=O) groups is 3. The van der Waals surface area contributed by atoms with Gasteiger partial charge in [-0.1, -0.05) is 12.1 Å². The Labute approximate surface area is 130 Å². The molecule has 0 bridgehead atoms. The summed E-state index contributed by atoms with van der Waals surface area (Å²) in [5.74, 6) is -0.213. The number of carbonyl (C=O) groups excluding carboxylic acids is 3. The Kier molecular flexibility index (Phi) is 6.56. The molecule has 0 atom stereocenters. The number of aldehydes is 1. The van der Waals surface area contributed by atoms with E-state index in [4.69, 9.17) is 4.74 Å². The summed E-state index contributed by atoms with van der Waals surface area (Å²) in [6.07, 6.45) is 0.852. The van der Waals surface area contributed by atoms with Crippen LogP contribution in [-0.2, 0) is 4.74 Å². The van der Waals surface area contributed by atoms with Gasteiger partial charge in [-0.05, 0) is 39.3 Å². The van der Waals surface area contributed by atoms with Crippen molar-refractivity contribution in [3.63, 3.8) is 0 Å². The molecule has 6 nitrogen and oxygen atoms in total. The van der Waals surface area contributed by atoms with Gasteiger partial charge in [0.05, 0.1) is 0 Å². The summed E-state index contributed by atoms with van der Waals surface area (Å²) in [7, 11) is 0. The first-order valence-electron chi connectivity index (χ1n) is 7.12. The maximum Gasteiger partial charge on any atom is 0.407 e. The van der Waals surface area contributed by atoms with Gasteiger partial charge in [-0.2, -0.15) is 0 Å². The lowest BCUT2D eigenvalue weighted by Gasteiger charge is -2.19. The van der Waals surface area contributed by atoms with E-state index in [-0.39, 0.29) is 5.91 Å². The van der Waals surface area contributed by atoms with Crippen LogP contribution in [0.5, 0.6) is 0 Å². The van der Waals surface area contributed by atoms with E-state index in [2.05, 4.69) is 10.6 Å². The van der Waals surface area contributed by atoms with E-state index in [0.29, 0.717) is 30.6 Å². The second-order valence-electron chi connectivity index (χ2n) is 5.78. The molecule has 2 N–H and O–H groups in total. The highest BCUT2D eigenvalue weighted by molar-refractivity contribution is 5.94. The Hall–Kier alpha value is -2.37. The third kappa shape index (κ3) is 6.88. The van der Waals surface area contributed by atoms with Crippen molar-refractivity contribution in [3.8, 4) is 0 Å². The van der Waals surface area contributed by atoms with E-state index < -0.39 is 11.7 Å². The molecule has 0 aliphatic carbocycles. The summed E-state index contributed by atoms with van der Waals surface area (Å²) in [5, 5.41) is 5.36. The summed E-state index contributed by atoms with van der Waals surface area (Å²) >= 11 is 0. The average molecular weight is 306 g/mol. The molecule has 1 aromatic carbocycles. The van der Waals surface area contributed by atoms with Crippen LogP contribution in [0.2, 0.25) is 0 Å². The maximum atomic E-state index is 11.8. The Morgan fingerprint density at radius 2 is 1.68 bits per heavy atom. The summed E-state index contributed by atoms with van der Waals surface area (Å²) in [6.45, 7) is 6.23.